The monoisotopic (exact) mass is 394 g/mol. The third-order valence-corrected chi connectivity index (χ3v) is 5.28. The van der Waals surface area contributed by atoms with Crippen molar-refractivity contribution in [1.29, 1.82) is 0 Å². The second-order valence-electron chi connectivity index (χ2n) is 7.40. The quantitative estimate of drug-likeness (QED) is 0.557. The van der Waals surface area contributed by atoms with Crippen LogP contribution in [-0.4, -0.2) is 33.0 Å². The van der Waals surface area contributed by atoms with Crippen molar-refractivity contribution in [2.24, 2.45) is 0 Å². The molecular weight excluding hydrogens is 366 g/mol. The fourth-order valence-electron chi connectivity index (χ4n) is 2.39. The summed E-state index contributed by atoms with van der Waals surface area (Å²) in [5.41, 5.74) is 0.607. The summed E-state index contributed by atoms with van der Waals surface area (Å²) in [5.74, 6) is 0.316. The number of amides is 1. The lowest BCUT2D eigenvalue weighted by Gasteiger charge is -2.16. The fraction of sp³-hybridized carbons (Fsp3) is 0.421. The van der Waals surface area contributed by atoms with Crippen LogP contribution in [0.3, 0.4) is 0 Å². The van der Waals surface area contributed by atoms with Crippen LogP contribution in [0, 0.1) is 0 Å². The van der Waals surface area contributed by atoms with Gasteiger partial charge >= 0.3 is 0 Å². The Hall–Kier alpha value is -2.16. The first-order valence-electron chi connectivity index (χ1n) is 8.92. The summed E-state index contributed by atoms with van der Waals surface area (Å²) in [6.07, 6.45) is 2.35. The molecule has 7 nitrogen and oxygen atoms in total. The van der Waals surface area contributed by atoms with E-state index in [-0.39, 0.29) is 22.9 Å². The number of nitrogens with two attached hydrogens (primary N) is 1. The Kier molecular flexibility index (Phi) is 7.18. The number of sulfonamides is 1. The molecule has 0 saturated carbocycles. The second kappa shape index (κ2) is 9.16. The molecule has 1 amide bonds. The number of hydrogen-bond acceptors (Lipinski definition) is 4. The van der Waals surface area contributed by atoms with Gasteiger partial charge in [-0.25, -0.2) is 13.1 Å². The van der Waals surface area contributed by atoms with E-state index in [0.29, 0.717) is 17.9 Å². The zero-order valence-corrected chi connectivity index (χ0v) is 16.8. The normalized spacial score (nSPS) is 12.1. The topological polar surface area (TPSA) is 105 Å². The maximum atomic E-state index is 12.3. The first-order valence-corrected chi connectivity index (χ1v) is 10.4. The van der Waals surface area contributed by atoms with Crippen LogP contribution in [-0.2, 0) is 16.6 Å². The highest BCUT2D eigenvalue weighted by atomic mass is 32.2. The Labute approximate surface area is 160 Å². The van der Waals surface area contributed by atoms with Crippen LogP contribution in [0.25, 0.3) is 0 Å². The predicted molar refractivity (Wildman–Crippen MR) is 103 cm³/mol. The van der Waals surface area contributed by atoms with Gasteiger partial charge in [-0.05, 0) is 57.2 Å². The van der Waals surface area contributed by atoms with Crippen molar-refractivity contribution in [2.75, 3.05) is 13.1 Å². The molecule has 0 radical (unpaired) electrons. The van der Waals surface area contributed by atoms with Crippen molar-refractivity contribution in [3.8, 4) is 0 Å². The molecule has 2 aromatic rings. The van der Waals surface area contributed by atoms with E-state index in [1.165, 1.54) is 30.5 Å². The molecule has 8 heteroatoms. The van der Waals surface area contributed by atoms with Crippen molar-refractivity contribution in [1.82, 2.24) is 10.0 Å². The van der Waals surface area contributed by atoms with Crippen LogP contribution in [0.2, 0.25) is 0 Å². The molecule has 0 bridgehead atoms. The van der Waals surface area contributed by atoms with Crippen molar-refractivity contribution in [3.63, 3.8) is 0 Å². The van der Waals surface area contributed by atoms with Gasteiger partial charge in [0.05, 0.1) is 29.8 Å². The first-order chi connectivity index (χ1) is 12.7. The molecule has 0 aliphatic carbocycles. The molecule has 0 fully saturated rings. The molecule has 1 heterocycles. The van der Waals surface area contributed by atoms with Crippen LogP contribution >= 0.6 is 0 Å². The lowest BCUT2D eigenvalue weighted by atomic mass is 10.1. The lowest BCUT2D eigenvalue weighted by molar-refractivity contribution is -0.717. The number of carbonyl (C=O) groups is 1. The Morgan fingerprint density at radius 1 is 1.15 bits per heavy atom. The third-order valence-electron chi connectivity index (χ3n) is 3.87. The van der Waals surface area contributed by atoms with E-state index in [2.05, 4.69) is 36.1 Å². The number of carbonyl (C=O) groups excluding carboxylic acids is 1. The van der Waals surface area contributed by atoms with Gasteiger partial charge in [0.15, 0.2) is 0 Å². The zero-order chi connectivity index (χ0) is 19.9. The summed E-state index contributed by atoms with van der Waals surface area (Å²) in [4.78, 5) is 12.3. The van der Waals surface area contributed by atoms with E-state index in [0.717, 1.165) is 13.0 Å². The minimum Gasteiger partial charge on any atom is -0.468 e. The van der Waals surface area contributed by atoms with Crippen molar-refractivity contribution in [2.45, 2.75) is 44.2 Å². The summed E-state index contributed by atoms with van der Waals surface area (Å²) < 4.78 is 32.1. The molecule has 0 aliphatic rings. The minimum absolute atomic E-state index is 0.0726. The maximum Gasteiger partial charge on any atom is 0.251 e. The van der Waals surface area contributed by atoms with Gasteiger partial charge in [0, 0.05) is 18.5 Å². The minimum atomic E-state index is -3.66. The SMILES string of the molecule is CC(C)(C)[NH2+]CCCNC(=O)c1ccc(S(=O)(=O)NCc2ccco2)cc1. The van der Waals surface area contributed by atoms with Gasteiger partial charge in [-0.2, -0.15) is 0 Å². The highest BCUT2D eigenvalue weighted by molar-refractivity contribution is 7.89. The summed E-state index contributed by atoms with van der Waals surface area (Å²) in [6.45, 7) is 8.02. The van der Waals surface area contributed by atoms with Crippen LogP contribution in [0.5, 0.6) is 0 Å². The van der Waals surface area contributed by atoms with Gasteiger partial charge in [0.1, 0.15) is 5.76 Å². The molecule has 2 rings (SSSR count). The molecule has 1 aromatic carbocycles. The van der Waals surface area contributed by atoms with E-state index in [1.807, 2.05) is 0 Å². The maximum absolute atomic E-state index is 12.3. The highest BCUT2D eigenvalue weighted by Crippen LogP contribution is 2.11. The van der Waals surface area contributed by atoms with E-state index in [9.17, 15) is 13.2 Å². The molecule has 4 N–H and O–H groups in total. The number of hydrogen-bond donors (Lipinski definition) is 3. The van der Waals surface area contributed by atoms with E-state index >= 15 is 0 Å². The van der Waals surface area contributed by atoms with Crippen LogP contribution in [0.1, 0.15) is 43.3 Å². The summed E-state index contributed by atoms with van der Waals surface area (Å²) in [6, 6.07) is 9.25. The zero-order valence-electron chi connectivity index (χ0n) is 16.0. The van der Waals surface area contributed by atoms with Crippen LogP contribution < -0.4 is 15.4 Å². The number of furan rings is 1. The van der Waals surface area contributed by atoms with Crippen molar-refractivity contribution >= 4 is 15.9 Å². The average Bonchev–Trinajstić information content (AvgIpc) is 3.12. The largest absolute Gasteiger partial charge is 0.468 e. The fourth-order valence-corrected chi connectivity index (χ4v) is 3.38. The summed E-state index contributed by atoms with van der Waals surface area (Å²) >= 11 is 0. The van der Waals surface area contributed by atoms with E-state index < -0.39 is 10.0 Å². The Morgan fingerprint density at radius 3 is 2.44 bits per heavy atom. The standard InChI is InChI=1S/C19H27N3O4S/c1-19(2,3)21-12-5-11-20-18(23)15-7-9-17(10-8-15)27(24,25)22-14-16-6-4-13-26-16/h4,6-10,13,21-22H,5,11-12,14H2,1-3H3,(H,20,23)/p+1. The van der Waals surface area contributed by atoms with Crippen LogP contribution in [0.4, 0.5) is 0 Å². The molecule has 0 aliphatic heterocycles. The molecule has 0 spiro atoms. The van der Waals surface area contributed by atoms with Gasteiger partial charge in [0.2, 0.25) is 10.0 Å². The van der Waals surface area contributed by atoms with Gasteiger partial charge < -0.3 is 15.1 Å². The average molecular weight is 395 g/mol. The molecule has 0 atom stereocenters. The van der Waals surface area contributed by atoms with Gasteiger partial charge in [-0.15, -0.1) is 0 Å². The molecule has 148 valence electrons. The molecular formula is C19H28N3O4S+. The Bertz CT molecular complexity index is 823. The summed E-state index contributed by atoms with van der Waals surface area (Å²) in [7, 11) is -3.66. The number of nitrogens with one attached hydrogen (secondary N) is 2. The number of rotatable bonds is 9. The molecule has 27 heavy (non-hydrogen) atoms. The Morgan fingerprint density at radius 2 is 1.85 bits per heavy atom. The Balaban J connectivity index is 1.83. The molecule has 1 aromatic heterocycles. The lowest BCUT2D eigenvalue weighted by Crippen LogP contribution is -2.94. The third kappa shape index (κ3) is 7.16. The first kappa shape index (κ1) is 21.1. The highest BCUT2D eigenvalue weighted by Gasteiger charge is 2.16. The summed E-state index contributed by atoms with van der Waals surface area (Å²) in [5, 5.41) is 5.08. The molecule has 0 unspecified atom stereocenters. The second-order valence-corrected chi connectivity index (χ2v) is 9.16. The van der Waals surface area contributed by atoms with E-state index in [4.69, 9.17) is 4.42 Å². The molecule has 0 saturated heterocycles. The predicted octanol–water partition coefficient (Wildman–Crippen LogP) is 1.24. The number of benzene rings is 1. The van der Waals surface area contributed by atoms with Crippen LogP contribution in [0.15, 0.2) is 52.0 Å². The van der Waals surface area contributed by atoms with E-state index in [1.54, 1.807) is 12.1 Å². The van der Waals surface area contributed by atoms with Crippen molar-refractivity contribution in [3.05, 3.63) is 54.0 Å². The van der Waals surface area contributed by atoms with Gasteiger partial charge in [0.25, 0.3) is 5.91 Å². The van der Waals surface area contributed by atoms with Crippen molar-refractivity contribution < 1.29 is 22.9 Å². The van der Waals surface area contributed by atoms with Gasteiger partial charge in [-0.1, -0.05) is 0 Å². The van der Waals surface area contributed by atoms with Gasteiger partial charge in [-0.3, -0.25) is 4.79 Å². The smallest absolute Gasteiger partial charge is 0.251 e. The number of quaternary nitrogens is 1.